The van der Waals surface area contributed by atoms with Crippen molar-refractivity contribution in [3.8, 4) is 0 Å². The molecule has 3 aliphatic carbocycles. The third-order valence-electron chi connectivity index (χ3n) is 6.64. The fourth-order valence-corrected chi connectivity index (χ4v) is 4.96. The fourth-order valence-electron chi connectivity index (χ4n) is 4.96. The third-order valence-corrected chi connectivity index (χ3v) is 6.64. The van der Waals surface area contributed by atoms with Gasteiger partial charge >= 0.3 is 0 Å². The molecule has 1 saturated carbocycles. The number of nitrogens with zero attached hydrogens (tertiary/aromatic N) is 4. The number of fused-ring (bicyclic) bond motifs is 2. The molecule has 30 heavy (non-hydrogen) atoms. The minimum absolute atomic E-state index is 0.118. The summed E-state index contributed by atoms with van der Waals surface area (Å²) in [6, 6.07) is 6.71. The van der Waals surface area contributed by atoms with E-state index in [1.165, 1.54) is 5.56 Å². The van der Waals surface area contributed by atoms with E-state index in [2.05, 4.69) is 41.5 Å². The number of rotatable bonds is 3. The van der Waals surface area contributed by atoms with Crippen LogP contribution >= 0.6 is 0 Å². The molecule has 2 atom stereocenters. The molecule has 0 bridgehead atoms. The van der Waals surface area contributed by atoms with Crippen LogP contribution in [0.3, 0.4) is 0 Å². The molecule has 0 amide bonds. The third kappa shape index (κ3) is 2.80. The van der Waals surface area contributed by atoms with E-state index in [-0.39, 0.29) is 11.6 Å². The molecule has 5 nitrogen and oxygen atoms in total. The van der Waals surface area contributed by atoms with Crippen LogP contribution < -0.4 is 5.56 Å². The largest absolute Gasteiger partial charge is 0.311 e. The first-order chi connectivity index (χ1) is 14.7. The van der Waals surface area contributed by atoms with Crippen LogP contribution in [0.1, 0.15) is 64.9 Å². The van der Waals surface area contributed by atoms with Crippen molar-refractivity contribution in [2.24, 2.45) is 7.05 Å². The van der Waals surface area contributed by atoms with Gasteiger partial charge in [0.25, 0.3) is 5.56 Å². The Labute approximate surface area is 175 Å². The predicted molar refractivity (Wildman–Crippen MR) is 117 cm³/mol. The van der Waals surface area contributed by atoms with Gasteiger partial charge < -0.3 is 4.57 Å². The highest BCUT2D eigenvalue weighted by molar-refractivity contribution is 5.81. The van der Waals surface area contributed by atoms with Gasteiger partial charge in [0.15, 0.2) is 0 Å². The lowest BCUT2D eigenvalue weighted by molar-refractivity contribution is 0.674. The number of hydrogen-bond acceptors (Lipinski definition) is 3. The van der Waals surface area contributed by atoms with Crippen LogP contribution in [0.2, 0.25) is 0 Å². The number of aromatic nitrogens is 4. The van der Waals surface area contributed by atoms with Gasteiger partial charge in [0.05, 0.1) is 17.5 Å². The maximum absolute atomic E-state index is 13.6. The fraction of sp³-hybridized carbons (Fsp3) is 0.320. The number of hydrogen-bond donors (Lipinski definition) is 0. The van der Waals surface area contributed by atoms with Gasteiger partial charge in [-0.1, -0.05) is 18.2 Å². The predicted octanol–water partition coefficient (Wildman–Crippen LogP) is 4.04. The van der Waals surface area contributed by atoms with E-state index >= 15 is 0 Å². The van der Waals surface area contributed by atoms with Gasteiger partial charge in [0.1, 0.15) is 0 Å². The molecule has 0 spiro atoms. The zero-order chi connectivity index (χ0) is 20.2. The van der Waals surface area contributed by atoms with Crippen LogP contribution in [0.25, 0.3) is 11.6 Å². The Morgan fingerprint density at radius 3 is 2.87 bits per heavy atom. The normalized spacial score (nSPS) is 21.7. The number of pyridine rings is 2. The van der Waals surface area contributed by atoms with Crippen LogP contribution in [0, 0.1) is 0 Å². The quantitative estimate of drug-likeness (QED) is 0.671. The highest BCUT2D eigenvalue weighted by atomic mass is 16.1. The topological polar surface area (TPSA) is 52.7 Å². The first-order valence-corrected chi connectivity index (χ1v) is 10.8. The summed E-state index contributed by atoms with van der Waals surface area (Å²) < 4.78 is 3.73. The molecular formula is C25H24N4O. The molecule has 0 radical (unpaired) electrons. The Balaban J connectivity index is 1.36. The first-order valence-electron chi connectivity index (χ1n) is 10.8. The van der Waals surface area contributed by atoms with Crippen molar-refractivity contribution in [3.05, 3.63) is 92.9 Å². The second-order valence-corrected chi connectivity index (χ2v) is 8.62. The van der Waals surface area contributed by atoms with E-state index in [1.807, 2.05) is 30.2 Å². The highest BCUT2D eigenvalue weighted by Gasteiger charge is 2.42. The lowest BCUT2D eigenvalue weighted by Crippen LogP contribution is -2.25. The maximum atomic E-state index is 13.6. The maximum Gasteiger partial charge on any atom is 0.258 e. The van der Waals surface area contributed by atoms with Crippen LogP contribution in [0.5, 0.6) is 0 Å². The van der Waals surface area contributed by atoms with Gasteiger partial charge in [-0.3, -0.25) is 14.5 Å². The molecule has 3 aromatic rings. The molecule has 0 aromatic carbocycles. The van der Waals surface area contributed by atoms with Crippen molar-refractivity contribution in [1.82, 2.24) is 19.3 Å². The summed E-state index contributed by atoms with van der Waals surface area (Å²) in [6.45, 7) is 0. The van der Waals surface area contributed by atoms with Gasteiger partial charge in [-0.2, -0.15) is 5.10 Å². The second-order valence-electron chi connectivity index (χ2n) is 8.62. The van der Waals surface area contributed by atoms with Gasteiger partial charge in [0.2, 0.25) is 0 Å². The van der Waals surface area contributed by atoms with Crippen molar-refractivity contribution in [2.45, 2.75) is 44.1 Å². The minimum Gasteiger partial charge on any atom is -0.311 e. The molecule has 3 aliphatic rings. The molecule has 3 aromatic heterocycles. The summed E-state index contributed by atoms with van der Waals surface area (Å²) >= 11 is 0. The monoisotopic (exact) mass is 396 g/mol. The van der Waals surface area contributed by atoms with E-state index in [0.717, 1.165) is 65.8 Å². The van der Waals surface area contributed by atoms with Crippen LogP contribution in [0.15, 0.2) is 53.7 Å². The summed E-state index contributed by atoms with van der Waals surface area (Å²) in [6.07, 6.45) is 17.4. The molecule has 0 saturated heterocycles. The Kier molecular flexibility index (Phi) is 3.91. The summed E-state index contributed by atoms with van der Waals surface area (Å²) in [7, 11) is 1.91. The van der Waals surface area contributed by atoms with Gasteiger partial charge in [-0.05, 0) is 67.0 Å². The SMILES string of the molecule is Cn1cc(C2=CCCc3ccn(C4CC4c4ccc5c(n4)C=CCC5)c(=O)c32)cn1. The average molecular weight is 396 g/mol. The summed E-state index contributed by atoms with van der Waals surface area (Å²) in [4.78, 5) is 18.5. The summed E-state index contributed by atoms with van der Waals surface area (Å²) in [5, 5.41) is 4.30. The average Bonchev–Trinajstić information content (AvgIpc) is 3.45. The lowest BCUT2D eigenvalue weighted by atomic mass is 9.89. The Morgan fingerprint density at radius 1 is 1.10 bits per heavy atom. The van der Waals surface area contributed by atoms with Crippen LogP contribution in [0.4, 0.5) is 0 Å². The molecular weight excluding hydrogens is 372 g/mol. The summed E-state index contributed by atoms with van der Waals surface area (Å²) in [5.74, 6) is 0.316. The van der Waals surface area contributed by atoms with Gasteiger partial charge in [0, 0.05) is 42.7 Å². The minimum atomic E-state index is 0.118. The Bertz CT molecular complexity index is 1280. The van der Waals surface area contributed by atoms with Crippen molar-refractivity contribution in [2.75, 3.05) is 0 Å². The molecule has 0 N–H and O–H groups in total. The van der Waals surface area contributed by atoms with E-state index < -0.39 is 0 Å². The van der Waals surface area contributed by atoms with E-state index in [0.29, 0.717) is 5.92 Å². The molecule has 0 aliphatic heterocycles. The smallest absolute Gasteiger partial charge is 0.258 e. The zero-order valence-corrected chi connectivity index (χ0v) is 17.1. The van der Waals surface area contributed by atoms with Crippen molar-refractivity contribution in [1.29, 1.82) is 0 Å². The molecule has 2 unspecified atom stereocenters. The molecule has 5 heteroatoms. The Hall–Kier alpha value is -3.21. The summed E-state index contributed by atoms with van der Waals surface area (Å²) in [5.41, 5.74) is 7.70. The highest BCUT2D eigenvalue weighted by Crippen LogP contribution is 2.50. The van der Waals surface area contributed by atoms with Crippen molar-refractivity contribution < 1.29 is 0 Å². The van der Waals surface area contributed by atoms with E-state index in [4.69, 9.17) is 4.98 Å². The first kappa shape index (κ1) is 17.6. The molecule has 1 fully saturated rings. The number of allylic oxidation sites excluding steroid dienone is 2. The molecule has 6 rings (SSSR count). The molecule has 3 heterocycles. The standard InChI is InChI=1S/C25H24N4O/c1-28-15-18(14-26-28)19-7-4-6-17-11-12-29(25(30)24(17)19)23-13-20(23)22-10-9-16-5-2-3-8-21(16)27-22/h3,7-12,14-15,20,23H,2,4-6,13H2,1H3. The van der Waals surface area contributed by atoms with E-state index in [1.54, 1.807) is 4.68 Å². The van der Waals surface area contributed by atoms with Crippen molar-refractivity contribution in [3.63, 3.8) is 0 Å². The van der Waals surface area contributed by atoms with Gasteiger partial charge in [-0.25, -0.2) is 0 Å². The second kappa shape index (κ2) is 6.66. The van der Waals surface area contributed by atoms with Gasteiger partial charge in [-0.15, -0.1) is 0 Å². The molecule has 150 valence electrons. The lowest BCUT2D eigenvalue weighted by Gasteiger charge is -2.18. The zero-order valence-electron chi connectivity index (χ0n) is 17.1. The number of aryl methyl sites for hydroxylation is 3. The Morgan fingerprint density at radius 2 is 2.00 bits per heavy atom. The van der Waals surface area contributed by atoms with Crippen LogP contribution in [-0.4, -0.2) is 19.3 Å². The van der Waals surface area contributed by atoms with Crippen LogP contribution in [-0.2, 0) is 19.9 Å². The van der Waals surface area contributed by atoms with E-state index in [9.17, 15) is 4.79 Å². The van der Waals surface area contributed by atoms with Crippen molar-refractivity contribution >= 4 is 11.6 Å².